The number of pyridine rings is 1. The van der Waals surface area contributed by atoms with E-state index in [0.717, 1.165) is 44.0 Å². The molecular weight excluding hydrogens is 609 g/mol. The van der Waals surface area contributed by atoms with Gasteiger partial charge in [0.05, 0.1) is 6.20 Å². The molecule has 4 heterocycles. The Morgan fingerprint density at radius 1 is 0.438 bits per heavy atom. The van der Waals surface area contributed by atoms with Crippen molar-refractivity contribution in [3.05, 3.63) is 146 Å². The van der Waals surface area contributed by atoms with Crippen molar-refractivity contribution in [3.63, 3.8) is 0 Å². The molecule has 0 aliphatic rings. The first kappa shape index (κ1) is 26.9. The van der Waals surface area contributed by atoms with Gasteiger partial charge in [0.1, 0.15) is 5.58 Å². The first-order chi connectivity index (χ1) is 23.8. The minimum absolute atomic E-state index is 0.548. The molecule has 0 aliphatic carbocycles. The van der Waals surface area contributed by atoms with Crippen LogP contribution in [0, 0.1) is 0 Å². The minimum Gasteiger partial charge on any atom is -0.454 e. The van der Waals surface area contributed by atoms with E-state index in [1.165, 1.54) is 31.1 Å². The topological polar surface area (TPSA) is 64.7 Å². The summed E-state index contributed by atoms with van der Waals surface area (Å²) in [7, 11) is 0. The fraction of sp³-hybridized carbons (Fsp3) is 0. The molecule has 0 unspecified atom stereocenters. The Morgan fingerprint density at radius 3 is 2.10 bits per heavy atom. The van der Waals surface area contributed by atoms with E-state index in [0.29, 0.717) is 23.1 Å². The second-order valence-corrected chi connectivity index (χ2v) is 13.0. The third-order valence-corrected chi connectivity index (χ3v) is 10.1. The van der Waals surface area contributed by atoms with Crippen molar-refractivity contribution < 1.29 is 4.42 Å². The van der Waals surface area contributed by atoms with Gasteiger partial charge in [-0.3, -0.25) is 4.98 Å². The summed E-state index contributed by atoms with van der Waals surface area (Å²) < 4.78 is 9.07. The number of rotatable bonds is 4. The third kappa shape index (κ3) is 4.31. The highest BCUT2D eigenvalue weighted by Gasteiger charge is 2.19. The van der Waals surface area contributed by atoms with Gasteiger partial charge in [0.2, 0.25) is 0 Å². The highest BCUT2D eigenvalue weighted by Crippen LogP contribution is 2.42. The van der Waals surface area contributed by atoms with E-state index in [2.05, 4.69) is 96.0 Å². The summed E-state index contributed by atoms with van der Waals surface area (Å²) >= 11 is 1.83. The summed E-state index contributed by atoms with van der Waals surface area (Å²) in [4.78, 5) is 19.6. The van der Waals surface area contributed by atoms with Gasteiger partial charge in [0.25, 0.3) is 0 Å². The average molecular weight is 633 g/mol. The second kappa shape index (κ2) is 10.7. The summed E-state index contributed by atoms with van der Waals surface area (Å²) in [5.74, 6) is 1.76. The van der Waals surface area contributed by atoms with Crippen LogP contribution in [0.4, 0.5) is 0 Å². The van der Waals surface area contributed by atoms with Gasteiger partial charge >= 0.3 is 0 Å². The van der Waals surface area contributed by atoms with E-state index in [-0.39, 0.29) is 0 Å². The SMILES string of the molecule is c1ccc(-c2nc(-c3ccc4ccccc4c3)nc(-c3cncc4oc5cc(-c6cccc7sc8ccccc8c67)ccc5c34)n2)cc1. The molecule has 0 atom stereocenters. The molecule has 4 aromatic heterocycles. The molecule has 0 fully saturated rings. The molecule has 10 rings (SSSR count). The predicted molar refractivity (Wildman–Crippen MR) is 197 cm³/mol. The Bertz CT molecular complexity index is 2860. The Hall–Kier alpha value is -6.24. The first-order valence-electron chi connectivity index (χ1n) is 15.8. The number of benzene rings is 6. The van der Waals surface area contributed by atoms with Gasteiger partial charge in [0, 0.05) is 53.8 Å². The van der Waals surface area contributed by atoms with Gasteiger partial charge in [-0.05, 0) is 52.2 Å². The summed E-state index contributed by atoms with van der Waals surface area (Å²) in [6.45, 7) is 0. The summed E-state index contributed by atoms with van der Waals surface area (Å²) in [5.41, 5.74) is 6.41. The molecule has 224 valence electrons. The maximum atomic E-state index is 6.50. The van der Waals surface area contributed by atoms with E-state index in [4.69, 9.17) is 19.4 Å². The van der Waals surface area contributed by atoms with Crippen molar-refractivity contribution in [3.8, 4) is 45.3 Å². The number of hydrogen-bond acceptors (Lipinski definition) is 6. The summed E-state index contributed by atoms with van der Waals surface area (Å²) in [6.07, 6.45) is 3.60. The Morgan fingerprint density at radius 2 is 1.19 bits per heavy atom. The highest BCUT2D eigenvalue weighted by atomic mass is 32.1. The zero-order valence-electron chi connectivity index (χ0n) is 25.5. The fourth-order valence-corrected chi connectivity index (χ4v) is 7.88. The highest BCUT2D eigenvalue weighted by molar-refractivity contribution is 7.25. The molecule has 48 heavy (non-hydrogen) atoms. The Kier molecular flexibility index (Phi) is 5.98. The van der Waals surface area contributed by atoms with Crippen LogP contribution in [0.25, 0.3) is 98.2 Å². The zero-order chi connectivity index (χ0) is 31.6. The van der Waals surface area contributed by atoms with Crippen molar-refractivity contribution in [1.29, 1.82) is 0 Å². The Balaban J connectivity index is 1.17. The number of aromatic nitrogens is 4. The van der Waals surface area contributed by atoms with Crippen molar-refractivity contribution in [2.45, 2.75) is 0 Å². The van der Waals surface area contributed by atoms with E-state index in [9.17, 15) is 0 Å². The lowest BCUT2D eigenvalue weighted by atomic mass is 9.98. The van der Waals surface area contributed by atoms with Crippen LogP contribution >= 0.6 is 11.3 Å². The van der Waals surface area contributed by atoms with Crippen LogP contribution in [0.5, 0.6) is 0 Å². The first-order valence-corrected chi connectivity index (χ1v) is 16.6. The van der Waals surface area contributed by atoms with Crippen molar-refractivity contribution in [2.75, 3.05) is 0 Å². The lowest BCUT2D eigenvalue weighted by Crippen LogP contribution is -2.00. The summed E-state index contributed by atoms with van der Waals surface area (Å²) in [6, 6.07) is 46.3. The number of furan rings is 1. The van der Waals surface area contributed by atoms with Crippen LogP contribution < -0.4 is 0 Å². The molecule has 6 aromatic carbocycles. The van der Waals surface area contributed by atoms with Crippen LogP contribution in [0.3, 0.4) is 0 Å². The molecular formula is C42H24N4OS. The van der Waals surface area contributed by atoms with Gasteiger partial charge in [-0.2, -0.15) is 0 Å². The van der Waals surface area contributed by atoms with Gasteiger partial charge in [-0.25, -0.2) is 15.0 Å². The van der Waals surface area contributed by atoms with E-state index in [1.807, 2.05) is 60.0 Å². The van der Waals surface area contributed by atoms with E-state index in [1.54, 1.807) is 6.20 Å². The lowest BCUT2D eigenvalue weighted by Gasteiger charge is -2.09. The van der Waals surface area contributed by atoms with Crippen LogP contribution in [0.1, 0.15) is 0 Å². The number of fused-ring (bicyclic) bond motifs is 7. The smallest absolute Gasteiger partial charge is 0.166 e. The average Bonchev–Trinajstić information content (AvgIpc) is 3.73. The van der Waals surface area contributed by atoms with Crippen molar-refractivity contribution in [1.82, 2.24) is 19.9 Å². The van der Waals surface area contributed by atoms with Crippen LogP contribution in [-0.2, 0) is 0 Å². The Labute approximate surface area is 278 Å². The van der Waals surface area contributed by atoms with E-state index < -0.39 is 0 Å². The van der Waals surface area contributed by atoms with Crippen molar-refractivity contribution in [2.24, 2.45) is 0 Å². The normalized spacial score (nSPS) is 11.8. The molecule has 0 radical (unpaired) electrons. The maximum absolute atomic E-state index is 6.50. The largest absolute Gasteiger partial charge is 0.454 e. The number of thiophene rings is 1. The molecule has 0 saturated heterocycles. The number of hydrogen-bond donors (Lipinski definition) is 0. The molecule has 0 spiro atoms. The minimum atomic E-state index is 0.548. The zero-order valence-corrected chi connectivity index (χ0v) is 26.3. The predicted octanol–water partition coefficient (Wildman–Crippen LogP) is 11.4. The fourth-order valence-electron chi connectivity index (χ4n) is 6.75. The summed E-state index contributed by atoms with van der Waals surface area (Å²) in [5, 5.41) is 6.76. The van der Waals surface area contributed by atoms with Crippen molar-refractivity contribution >= 4 is 64.2 Å². The molecule has 0 N–H and O–H groups in total. The van der Waals surface area contributed by atoms with Crippen LogP contribution in [0.15, 0.2) is 150 Å². The van der Waals surface area contributed by atoms with Gasteiger partial charge in [-0.15, -0.1) is 11.3 Å². The monoisotopic (exact) mass is 632 g/mol. The van der Waals surface area contributed by atoms with Gasteiger partial charge in [-0.1, -0.05) is 103 Å². The van der Waals surface area contributed by atoms with Crippen LogP contribution in [-0.4, -0.2) is 19.9 Å². The van der Waals surface area contributed by atoms with E-state index >= 15 is 0 Å². The molecule has 5 nitrogen and oxygen atoms in total. The molecule has 0 amide bonds. The second-order valence-electron chi connectivity index (χ2n) is 11.9. The lowest BCUT2D eigenvalue weighted by molar-refractivity contribution is 0.667. The molecule has 0 saturated carbocycles. The molecule has 10 aromatic rings. The standard InChI is InChI=1S/C42H24N4OS/c1-2-10-26(11-3-1)40-44-41(29-18-17-25-9-4-5-12-27(25)21-29)46-42(45-40)33-23-43-24-35-38(33)31-20-19-28(22-34(31)47-35)30-14-8-16-37-39(30)32-13-6-7-15-36(32)48-37/h1-24H. The maximum Gasteiger partial charge on any atom is 0.166 e. The quantitative estimate of drug-likeness (QED) is 0.193. The number of nitrogens with zero attached hydrogens (tertiary/aromatic N) is 4. The van der Waals surface area contributed by atoms with Crippen LogP contribution in [0.2, 0.25) is 0 Å². The van der Waals surface area contributed by atoms with Gasteiger partial charge in [0.15, 0.2) is 23.1 Å². The molecule has 0 aliphatic heterocycles. The third-order valence-electron chi connectivity index (χ3n) is 9.01. The molecule has 0 bridgehead atoms. The molecule has 6 heteroatoms. The van der Waals surface area contributed by atoms with Gasteiger partial charge < -0.3 is 4.42 Å².